The Hall–Kier alpha value is -2.25. The Morgan fingerprint density at radius 1 is 1.43 bits per heavy atom. The van der Waals surface area contributed by atoms with Crippen LogP contribution in [0.4, 0.5) is 18.9 Å². The molecule has 1 rings (SSSR count). The number of amides is 1. The number of nitrogens with zero attached hydrogens (tertiary/aromatic N) is 1. The van der Waals surface area contributed by atoms with Crippen molar-refractivity contribution in [3.63, 3.8) is 0 Å². The molecule has 0 aliphatic carbocycles. The van der Waals surface area contributed by atoms with Crippen LogP contribution in [0.15, 0.2) is 23.4 Å². The van der Waals surface area contributed by atoms with Gasteiger partial charge in [0, 0.05) is 17.7 Å². The van der Waals surface area contributed by atoms with Crippen molar-refractivity contribution < 1.29 is 23.2 Å². The number of nitrogens with one attached hydrogen (secondary N) is 1. The fourth-order valence-corrected chi connectivity index (χ4v) is 1.72. The molecule has 0 spiro atoms. The lowest BCUT2D eigenvalue weighted by Crippen LogP contribution is -2.21. The van der Waals surface area contributed by atoms with Crippen LogP contribution in [0, 0.1) is 5.92 Å². The summed E-state index contributed by atoms with van der Waals surface area (Å²) in [7, 11) is 0. The van der Waals surface area contributed by atoms with E-state index in [0.717, 1.165) is 12.1 Å². The van der Waals surface area contributed by atoms with Crippen LogP contribution < -0.4 is 11.1 Å². The molecule has 21 heavy (non-hydrogen) atoms. The van der Waals surface area contributed by atoms with Crippen molar-refractivity contribution in [2.45, 2.75) is 26.4 Å². The van der Waals surface area contributed by atoms with Gasteiger partial charge in [-0.25, -0.2) is 0 Å². The summed E-state index contributed by atoms with van der Waals surface area (Å²) in [5.41, 5.74) is 3.69. The molecule has 1 aromatic carbocycles. The van der Waals surface area contributed by atoms with Crippen LogP contribution >= 0.6 is 0 Å². The van der Waals surface area contributed by atoms with E-state index in [9.17, 15) is 18.0 Å². The summed E-state index contributed by atoms with van der Waals surface area (Å²) in [6.07, 6.45) is -4.49. The van der Waals surface area contributed by atoms with Gasteiger partial charge in [-0.15, -0.1) is 0 Å². The highest BCUT2D eigenvalue weighted by Gasteiger charge is 2.34. The summed E-state index contributed by atoms with van der Waals surface area (Å²) in [6, 6.07) is 3.06. The summed E-state index contributed by atoms with van der Waals surface area (Å²) in [5, 5.41) is 13.5. The zero-order chi connectivity index (χ0) is 16.2. The first-order valence-electron chi connectivity index (χ1n) is 6.14. The predicted molar refractivity (Wildman–Crippen MR) is 72.0 cm³/mol. The third-order valence-corrected chi connectivity index (χ3v) is 2.59. The predicted octanol–water partition coefficient (Wildman–Crippen LogP) is 2.78. The van der Waals surface area contributed by atoms with Crippen molar-refractivity contribution in [1.82, 2.24) is 0 Å². The molecule has 0 bridgehead atoms. The van der Waals surface area contributed by atoms with Gasteiger partial charge in [-0.2, -0.15) is 13.2 Å². The molecule has 0 saturated heterocycles. The molecular formula is C13H16F3N3O2. The highest BCUT2D eigenvalue weighted by Crippen LogP contribution is 2.33. The van der Waals surface area contributed by atoms with E-state index in [1.807, 2.05) is 13.8 Å². The van der Waals surface area contributed by atoms with Crippen LogP contribution in [0.3, 0.4) is 0 Å². The first-order chi connectivity index (χ1) is 9.65. The van der Waals surface area contributed by atoms with Crippen molar-refractivity contribution in [2.75, 3.05) is 5.32 Å². The first-order valence-corrected chi connectivity index (χ1v) is 6.14. The fraction of sp³-hybridized carbons (Fsp3) is 0.385. The minimum atomic E-state index is -4.69. The number of rotatable bonds is 4. The van der Waals surface area contributed by atoms with Crippen LogP contribution in [0.5, 0.6) is 0 Å². The molecular weight excluding hydrogens is 287 g/mol. The highest BCUT2D eigenvalue weighted by molar-refractivity contribution is 5.99. The molecule has 116 valence electrons. The smallest absolute Gasteiger partial charge is 0.409 e. The monoisotopic (exact) mass is 303 g/mol. The number of anilines is 1. The Labute approximate surface area is 119 Å². The van der Waals surface area contributed by atoms with E-state index in [1.54, 1.807) is 0 Å². The maximum atomic E-state index is 13.0. The topological polar surface area (TPSA) is 87.7 Å². The first kappa shape index (κ1) is 16.8. The largest absolute Gasteiger partial charge is 0.417 e. The molecule has 8 heteroatoms. The normalized spacial score (nSPS) is 12.6. The van der Waals surface area contributed by atoms with Gasteiger partial charge in [-0.1, -0.05) is 19.0 Å². The molecule has 0 saturated carbocycles. The molecule has 1 aromatic rings. The second-order valence-corrected chi connectivity index (χ2v) is 4.89. The molecule has 5 nitrogen and oxygen atoms in total. The highest BCUT2D eigenvalue weighted by atomic mass is 19.4. The second-order valence-electron chi connectivity index (χ2n) is 4.89. The second kappa shape index (κ2) is 6.47. The minimum absolute atomic E-state index is 0.00228. The number of amidine groups is 1. The Kier molecular flexibility index (Phi) is 5.17. The van der Waals surface area contributed by atoms with Crippen LogP contribution in [0.2, 0.25) is 0 Å². The molecule has 0 heterocycles. The summed E-state index contributed by atoms with van der Waals surface area (Å²) in [5.74, 6) is -0.944. The zero-order valence-corrected chi connectivity index (χ0v) is 11.5. The van der Waals surface area contributed by atoms with Gasteiger partial charge in [0.2, 0.25) is 5.91 Å². The van der Waals surface area contributed by atoms with Gasteiger partial charge in [0.25, 0.3) is 0 Å². The Balaban J connectivity index is 3.14. The van der Waals surface area contributed by atoms with E-state index in [-0.39, 0.29) is 23.9 Å². The van der Waals surface area contributed by atoms with E-state index < -0.39 is 23.1 Å². The lowest BCUT2D eigenvalue weighted by Gasteiger charge is -2.14. The van der Waals surface area contributed by atoms with Crippen LogP contribution in [0.1, 0.15) is 31.4 Å². The summed E-state index contributed by atoms with van der Waals surface area (Å²) >= 11 is 0. The number of oxime groups is 1. The van der Waals surface area contributed by atoms with Crippen LogP contribution in [-0.4, -0.2) is 17.0 Å². The third-order valence-electron chi connectivity index (χ3n) is 2.59. The summed E-state index contributed by atoms with van der Waals surface area (Å²) in [6.45, 7) is 3.64. The van der Waals surface area contributed by atoms with Gasteiger partial charge in [0.1, 0.15) is 0 Å². The maximum Gasteiger partial charge on any atom is 0.417 e. The van der Waals surface area contributed by atoms with Crippen LogP contribution in [-0.2, 0) is 11.0 Å². The minimum Gasteiger partial charge on any atom is -0.409 e. The molecule has 0 aliphatic heterocycles. The molecule has 0 aromatic heterocycles. The van der Waals surface area contributed by atoms with Gasteiger partial charge < -0.3 is 16.3 Å². The van der Waals surface area contributed by atoms with Crippen molar-refractivity contribution in [3.05, 3.63) is 29.3 Å². The van der Waals surface area contributed by atoms with E-state index in [2.05, 4.69) is 10.5 Å². The van der Waals surface area contributed by atoms with Crippen LogP contribution in [0.25, 0.3) is 0 Å². The number of nitrogens with two attached hydrogens (primary N) is 1. The maximum absolute atomic E-state index is 13.0. The van der Waals surface area contributed by atoms with E-state index in [4.69, 9.17) is 10.9 Å². The SMILES string of the molecule is CC(C)CC(=O)Nc1ccc(C(N)=NO)c(C(F)(F)F)c1. The standard InChI is InChI=1S/C13H16F3N3O2/c1-7(2)5-11(20)18-8-3-4-9(12(17)19-21)10(6-8)13(14,15)16/h3-4,6-7,21H,5H2,1-2H3,(H2,17,19)(H,18,20). The van der Waals surface area contributed by atoms with E-state index >= 15 is 0 Å². The lowest BCUT2D eigenvalue weighted by molar-refractivity contribution is -0.137. The van der Waals surface area contributed by atoms with Crippen molar-refractivity contribution in [2.24, 2.45) is 16.8 Å². The van der Waals surface area contributed by atoms with E-state index in [1.165, 1.54) is 6.07 Å². The van der Waals surface area contributed by atoms with Gasteiger partial charge in [-0.05, 0) is 24.1 Å². The molecule has 1 amide bonds. The summed E-state index contributed by atoms with van der Waals surface area (Å²) < 4.78 is 38.9. The molecule has 0 aliphatic rings. The van der Waals surface area contributed by atoms with Gasteiger partial charge >= 0.3 is 6.18 Å². The fourth-order valence-electron chi connectivity index (χ4n) is 1.72. The molecule has 4 N–H and O–H groups in total. The Morgan fingerprint density at radius 3 is 2.52 bits per heavy atom. The number of alkyl halides is 3. The van der Waals surface area contributed by atoms with Gasteiger partial charge in [-0.3, -0.25) is 4.79 Å². The summed E-state index contributed by atoms with van der Waals surface area (Å²) in [4.78, 5) is 11.6. The average molecular weight is 303 g/mol. The molecule has 0 atom stereocenters. The number of hydrogen-bond donors (Lipinski definition) is 3. The third kappa shape index (κ3) is 4.66. The average Bonchev–Trinajstić information content (AvgIpc) is 2.35. The quantitative estimate of drug-likeness (QED) is 0.346. The molecule has 0 radical (unpaired) electrons. The number of halogens is 3. The molecule has 0 fully saturated rings. The Morgan fingerprint density at radius 2 is 2.05 bits per heavy atom. The number of carbonyl (C=O) groups is 1. The number of carbonyl (C=O) groups excluding carboxylic acids is 1. The Bertz CT molecular complexity index is 554. The van der Waals surface area contributed by atoms with E-state index in [0.29, 0.717) is 0 Å². The lowest BCUT2D eigenvalue weighted by atomic mass is 10.0. The molecule has 0 unspecified atom stereocenters. The number of benzene rings is 1. The van der Waals surface area contributed by atoms with Gasteiger partial charge in [0.05, 0.1) is 5.56 Å². The van der Waals surface area contributed by atoms with Crippen molar-refractivity contribution >= 4 is 17.4 Å². The zero-order valence-electron chi connectivity index (χ0n) is 11.5. The number of hydrogen-bond acceptors (Lipinski definition) is 3. The van der Waals surface area contributed by atoms with Crippen molar-refractivity contribution in [1.29, 1.82) is 0 Å². The van der Waals surface area contributed by atoms with Gasteiger partial charge in [0.15, 0.2) is 5.84 Å². The van der Waals surface area contributed by atoms with Crippen molar-refractivity contribution in [3.8, 4) is 0 Å².